The maximum absolute atomic E-state index is 12.0. The quantitative estimate of drug-likeness (QED) is 0.422. The molecule has 1 aromatic heterocycles. The molecular weight excluding hydrogens is 376 g/mol. The highest BCUT2D eigenvalue weighted by atomic mass is 16.6. The monoisotopic (exact) mass is 396 g/mol. The largest absolute Gasteiger partial charge is 0.497 e. The molecule has 1 heterocycles. The molecule has 0 amide bonds. The summed E-state index contributed by atoms with van der Waals surface area (Å²) in [5.74, 6) is 2.01. The minimum atomic E-state index is -0.549. The number of carbonyl (C=O) groups excluding carboxylic acids is 1. The number of esters is 1. The molecule has 3 rings (SSSR count). The standard InChI is InChI=1S/C21H20N2O6/c1-25-16-8-5-15(6-9-16)21-22-19(29-23-21)13-28-20(24)11-7-14-4-10-17(26-2)12-18(14)27-3/h4-12H,13H2,1-3H3/b11-7+. The maximum atomic E-state index is 12.0. The Morgan fingerprint density at radius 1 is 1.00 bits per heavy atom. The fourth-order valence-electron chi connectivity index (χ4n) is 2.47. The molecule has 0 saturated carbocycles. The molecule has 8 nitrogen and oxygen atoms in total. The minimum Gasteiger partial charge on any atom is -0.497 e. The van der Waals surface area contributed by atoms with Crippen molar-refractivity contribution in [3.05, 3.63) is 60.0 Å². The normalized spacial score (nSPS) is 10.7. The van der Waals surface area contributed by atoms with Gasteiger partial charge in [-0.05, 0) is 42.5 Å². The Balaban J connectivity index is 1.58. The van der Waals surface area contributed by atoms with Gasteiger partial charge in [0.25, 0.3) is 5.89 Å². The zero-order chi connectivity index (χ0) is 20.6. The van der Waals surface area contributed by atoms with E-state index >= 15 is 0 Å². The number of benzene rings is 2. The highest BCUT2D eigenvalue weighted by Crippen LogP contribution is 2.25. The van der Waals surface area contributed by atoms with Crippen molar-refractivity contribution in [1.82, 2.24) is 10.1 Å². The van der Waals surface area contributed by atoms with E-state index in [4.69, 9.17) is 23.5 Å². The molecule has 2 aromatic carbocycles. The molecule has 8 heteroatoms. The summed E-state index contributed by atoms with van der Waals surface area (Å²) in [7, 11) is 4.70. The molecule has 0 atom stereocenters. The van der Waals surface area contributed by atoms with E-state index in [0.717, 1.165) is 11.3 Å². The second kappa shape index (κ2) is 9.41. The van der Waals surface area contributed by atoms with E-state index in [1.165, 1.54) is 6.08 Å². The predicted octanol–water partition coefficient (Wildman–Crippen LogP) is 3.52. The number of methoxy groups -OCH3 is 3. The lowest BCUT2D eigenvalue weighted by molar-refractivity contribution is -0.139. The smallest absolute Gasteiger partial charge is 0.331 e. The number of nitrogens with zero attached hydrogens (tertiary/aromatic N) is 2. The van der Waals surface area contributed by atoms with Crippen molar-refractivity contribution >= 4 is 12.0 Å². The third-order valence-corrected chi connectivity index (χ3v) is 3.99. The maximum Gasteiger partial charge on any atom is 0.331 e. The Labute approximate surface area is 167 Å². The number of ether oxygens (including phenoxy) is 4. The van der Waals surface area contributed by atoms with Crippen molar-refractivity contribution in [2.75, 3.05) is 21.3 Å². The van der Waals surface area contributed by atoms with Crippen LogP contribution in [-0.2, 0) is 16.1 Å². The van der Waals surface area contributed by atoms with Gasteiger partial charge in [-0.2, -0.15) is 4.98 Å². The molecule has 0 spiro atoms. The van der Waals surface area contributed by atoms with Crippen LogP contribution in [0, 0.1) is 0 Å². The third kappa shape index (κ3) is 5.13. The summed E-state index contributed by atoms with van der Waals surface area (Å²) in [6.45, 7) is -0.133. The van der Waals surface area contributed by atoms with Crippen molar-refractivity contribution in [2.45, 2.75) is 6.61 Å². The molecule has 0 aliphatic heterocycles. The predicted molar refractivity (Wildman–Crippen MR) is 105 cm³/mol. The van der Waals surface area contributed by atoms with Crippen LogP contribution < -0.4 is 14.2 Å². The second-order valence-electron chi connectivity index (χ2n) is 5.79. The zero-order valence-electron chi connectivity index (χ0n) is 16.2. The molecule has 0 radical (unpaired) electrons. The van der Waals surface area contributed by atoms with E-state index < -0.39 is 5.97 Å². The van der Waals surface area contributed by atoms with Gasteiger partial charge >= 0.3 is 5.97 Å². The Morgan fingerprint density at radius 2 is 1.72 bits per heavy atom. The number of aromatic nitrogens is 2. The molecule has 0 bridgehead atoms. The average Bonchev–Trinajstić information content (AvgIpc) is 3.25. The molecule has 3 aromatic rings. The van der Waals surface area contributed by atoms with Gasteiger partial charge in [-0.1, -0.05) is 5.16 Å². The first-order valence-electron chi connectivity index (χ1n) is 8.67. The molecule has 29 heavy (non-hydrogen) atoms. The fraction of sp³-hybridized carbons (Fsp3) is 0.190. The Morgan fingerprint density at radius 3 is 2.41 bits per heavy atom. The second-order valence-corrected chi connectivity index (χ2v) is 5.79. The number of hydrogen-bond acceptors (Lipinski definition) is 8. The van der Waals surface area contributed by atoms with E-state index in [1.807, 2.05) is 12.1 Å². The summed E-state index contributed by atoms with van der Waals surface area (Å²) in [5, 5.41) is 3.89. The molecule has 150 valence electrons. The van der Waals surface area contributed by atoms with Crippen LogP contribution in [0.5, 0.6) is 17.2 Å². The van der Waals surface area contributed by atoms with Crippen LogP contribution in [0.25, 0.3) is 17.5 Å². The molecule has 0 N–H and O–H groups in total. The summed E-state index contributed by atoms with van der Waals surface area (Å²) >= 11 is 0. The summed E-state index contributed by atoms with van der Waals surface area (Å²) < 4.78 is 25.8. The Hall–Kier alpha value is -3.81. The van der Waals surface area contributed by atoms with Gasteiger partial charge in [-0.15, -0.1) is 0 Å². The van der Waals surface area contributed by atoms with Gasteiger partial charge in [-0.25, -0.2) is 4.79 Å². The Bertz CT molecular complexity index is 995. The molecule has 0 fully saturated rings. The first kappa shape index (κ1) is 19.9. The summed E-state index contributed by atoms with van der Waals surface area (Å²) in [4.78, 5) is 16.2. The van der Waals surface area contributed by atoms with Crippen molar-refractivity contribution in [3.8, 4) is 28.6 Å². The average molecular weight is 396 g/mol. The van der Waals surface area contributed by atoms with Gasteiger partial charge in [0.1, 0.15) is 17.2 Å². The van der Waals surface area contributed by atoms with Gasteiger partial charge < -0.3 is 23.5 Å². The lowest BCUT2D eigenvalue weighted by Crippen LogP contribution is -2.01. The van der Waals surface area contributed by atoms with Gasteiger partial charge in [-0.3, -0.25) is 0 Å². The van der Waals surface area contributed by atoms with Gasteiger partial charge in [0.05, 0.1) is 21.3 Å². The van der Waals surface area contributed by atoms with E-state index in [0.29, 0.717) is 22.9 Å². The van der Waals surface area contributed by atoms with Gasteiger partial charge in [0, 0.05) is 23.3 Å². The van der Waals surface area contributed by atoms with E-state index in [2.05, 4.69) is 10.1 Å². The first-order chi connectivity index (χ1) is 14.1. The molecule has 0 aliphatic carbocycles. The van der Waals surface area contributed by atoms with Crippen LogP contribution >= 0.6 is 0 Å². The lowest BCUT2D eigenvalue weighted by atomic mass is 10.2. The summed E-state index contributed by atoms with van der Waals surface area (Å²) in [6, 6.07) is 12.5. The Kier molecular flexibility index (Phi) is 6.47. The van der Waals surface area contributed by atoms with E-state index in [9.17, 15) is 4.79 Å². The molecule has 0 saturated heterocycles. The first-order valence-corrected chi connectivity index (χ1v) is 8.67. The van der Waals surface area contributed by atoms with E-state index in [-0.39, 0.29) is 12.5 Å². The molecule has 0 aliphatic rings. The van der Waals surface area contributed by atoms with Crippen LogP contribution in [0.15, 0.2) is 53.1 Å². The van der Waals surface area contributed by atoms with Crippen LogP contribution in [0.2, 0.25) is 0 Å². The SMILES string of the molecule is COc1ccc(-c2noc(COC(=O)/C=C/c3ccc(OC)cc3OC)n2)cc1. The summed E-state index contributed by atoms with van der Waals surface area (Å²) in [5.41, 5.74) is 1.48. The highest BCUT2D eigenvalue weighted by molar-refractivity contribution is 5.87. The van der Waals surface area contributed by atoms with Crippen LogP contribution in [0.1, 0.15) is 11.5 Å². The van der Waals surface area contributed by atoms with Crippen molar-refractivity contribution in [2.24, 2.45) is 0 Å². The third-order valence-electron chi connectivity index (χ3n) is 3.99. The van der Waals surface area contributed by atoms with Crippen LogP contribution in [0.3, 0.4) is 0 Å². The number of carbonyl (C=O) groups is 1. The van der Waals surface area contributed by atoms with Crippen LogP contribution in [0.4, 0.5) is 0 Å². The fourth-order valence-corrected chi connectivity index (χ4v) is 2.47. The van der Waals surface area contributed by atoms with Crippen molar-refractivity contribution in [1.29, 1.82) is 0 Å². The highest BCUT2D eigenvalue weighted by Gasteiger charge is 2.11. The number of hydrogen-bond donors (Lipinski definition) is 0. The van der Waals surface area contributed by atoms with Crippen molar-refractivity contribution < 1.29 is 28.3 Å². The van der Waals surface area contributed by atoms with Gasteiger partial charge in [0.15, 0.2) is 6.61 Å². The van der Waals surface area contributed by atoms with E-state index in [1.54, 1.807) is 57.7 Å². The number of rotatable bonds is 8. The zero-order valence-corrected chi connectivity index (χ0v) is 16.2. The molecule has 0 unspecified atom stereocenters. The molecular formula is C21H20N2O6. The lowest BCUT2D eigenvalue weighted by Gasteiger charge is -2.07. The minimum absolute atomic E-state index is 0.133. The van der Waals surface area contributed by atoms with Gasteiger partial charge in [0.2, 0.25) is 5.82 Å². The van der Waals surface area contributed by atoms with Crippen LogP contribution in [-0.4, -0.2) is 37.4 Å². The van der Waals surface area contributed by atoms with Crippen molar-refractivity contribution in [3.63, 3.8) is 0 Å². The summed E-state index contributed by atoms with van der Waals surface area (Å²) in [6.07, 6.45) is 2.89. The topological polar surface area (TPSA) is 92.9 Å².